The quantitative estimate of drug-likeness (QED) is 0.126. The number of carbonyl (C=O) groups is 1. The van der Waals surface area contributed by atoms with Gasteiger partial charge in [-0.2, -0.15) is 0 Å². The molecule has 244 valence electrons. The van der Waals surface area contributed by atoms with Crippen LogP contribution in [-0.2, 0) is 4.79 Å². The van der Waals surface area contributed by atoms with Crippen molar-refractivity contribution in [3.8, 4) is 0 Å². The Hall–Kier alpha value is -1.63. The SMILES string of the molecule is CCC(CC)CC1(C(=O)Nc2ccccc2SSc2ccccc2NC(O)C2(CC(CC)CC)CCCCC2)CCCCC1. The van der Waals surface area contributed by atoms with Crippen molar-refractivity contribution in [1.82, 2.24) is 0 Å². The second-order valence-corrected chi connectivity index (χ2v) is 15.9. The van der Waals surface area contributed by atoms with Crippen LogP contribution in [0.25, 0.3) is 0 Å². The highest BCUT2D eigenvalue weighted by molar-refractivity contribution is 8.76. The van der Waals surface area contributed by atoms with Crippen LogP contribution < -0.4 is 10.6 Å². The Labute approximate surface area is 276 Å². The van der Waals surface area contributed by atoms with Crippen LogP contribution in [0.2, 0.25) is 0 Å². The maximum absolute atomic E-state index is 14.0. The second-order valence-electron chi connectivity index (χ2n) is 13.7. The summed E-state index contributed by atoms with van der Waals surface area (Å²) < 4.78 is 0. The summed E-state index contributed by atoms with van der Waals surface area (Å²) in [6.07, 6.45) is 17.5. The van der Waals surface area contributed by atoms with Crippen LogP contribution in [-0.4, -0.2) is 17.2 Å². The molecule has 0 spiro atoms. The minimum Gasteiger partial charge on any atom is -0.373 e. The van der Waals surface area contributed by atoms with Crippen molar-refractivity contribution in [1.29, 1.82) is 0 Å². The third kappa shape index (κ3) is 9.00. The largest absolute Gasteiger partial charge is 0.373 e. The highest BCUT2D eigenvalue weighted by Crippen LogP contribution is 2.49. The molecule has 0 heterocycles. The van der Waals surface area contributed by atoms with Gasteiger partial charge in [0.2, 0.25) is 5.91 Å². The number of anilines is 2. The molecule has 0 radical (unpaired) electrons. The zero-order valence-corrected chi connectivity index (χ0v) is 29.5. The fraction of sp³-hybridized carbons (Fsp3) is 0.658. The van der Waals surface area contributed by atoms with E-state index < -0.39 is 6.23 Å². The van der Waals surface area contributed by atoms with Crippen molar-refractivity contribution < 1.29 is 9.90 Å². The van der Waals surface area contributed by atoms with Gasteiger partial charge in [0, 0.05) is 20.6 Å². The van der Waals surface area contributed by atoms with E-state index in [-0.39, 0.29) is 16.7 Å². The lowest BCUT2D eigenvalue weighted by Crippen LogP contribution is -2.43. The Morgan fingerprint density at radius 3 is 1.75 bits per heavy atom. The van der Waals surface area contributed by atoms with Crippen LogP contribution in [0.3, 0.4) is 0 Å². The Morgan fingerprint density at radius 2 is 1.18 bits per heavy atom. The molecule has 0 aromatic heterocycles. The van der Waals surface area contributed by atoms with Crippen LogP contribution in [0.5, 0.6) is 0 Å². The molecule has 1 unspecified atom stereocenters. The summed E-state index contributed by atoms with van der Waals surface area (Å²) in [6, 6.07) is 16.6. The third-order valence-electron chi connectivity index (χ3n) is 10.9. The van der Waals surface area contributed by atoms with E-state index in [1.54, 1.807) is 21.6 Å². The number of rotatable bonds is 16. The van der Waals surface area contributed by atoms with Gasteiger partial charge in [-0.15, -0.1) is 0 Å². The molecule has 2 aliphatic carbocycles. The van der Waals surface area contributed by atoms with Gasteiger partial charge in [0.1, 0.15) is 6.23 Å². The molecule has 1 amide bonds. The predicted octanol–water partition coefficient (Wildman–Crippen LogP) is 11.7. The molecule has 1 atom stereocenters. The molecule has 4 nitrogen and oxygen atoms in total. The minimum atomic E-state index is -0.566. The molecule has 0 aliphatic heterocycles. The van der Waals surface area contributed by atoms with Crippen molar-refractivity contribution >= 4 is 38.9 Å². The van der Waals surface area contributed by atoms with Crippen molar-refractivity contribution in [2.45, 2.75) is 146 Å². The summed E-state index contributed by atoms with van der Waals surface area (Å²) in [6.45, 7) is 9.10. The number of aliphatic hydroxyl groups excluding tert-OH is 1. The Balaban J connectivity index is 1.48. The molecular weight excluding hydrogens is 581 g/mol. The first kappa shape index (κ1) is 35.2. The van der Waals surface area contributed by atoms with Gasteiger partial charge < -0.3 is 15.7 Å². The number of benzene rings is 2. The zero-order valence-electron chi connectivity index (χ0n) is 27.8. The minimum absolute atomic E-state index is 0.0691. The van der Waals surface area contributed by atoms with Crippen LogP contribution >= 0.6 is 21.6 Å². The van der Waals surface area contributed by atoms with Crippen molar-refractivity contribution in [3.63, 3.8) is 0 Å². The average molecular weight is 639 g/mol. The van der Waals surface area contributed by atoms with E-state index in [0.717, 1.165) is 85.4 Å². The first-order chi connectivity index (χ1) is 21.4. The van der Waals surface area contributed by atoms with E-state index in [1.165, 1.54) is 38.5 Å². The average Bonchev–Trinajstić information content (AvgIpc) is 3.07. The first-order valence-corrected chi connectivity index (χ1v) is 19.8. The molecule has 0 bridgehead atoms. The van der Waals surface area contributed by atoms with Gasteiger partial charge in [-0.3, -0.25) is 4.79 Å². The summed E-state index contributed by atoms with van der Waals surface area (Å²) in [4.78, 5) is 16.2. The molecule has 2 saturated carbocycles. The van der Waals surface area contributed by atoms with E-state index >= 15 is 0 Å². The van der Waals surface area contributed by atoms with Gasteiger partial charge in [0.25, 0.3) is 0 Å². The molecule has 4 rings (SSSR count). The normalized spacial score (nSPS) is 18.7. The van der Waals surface area contributed by atoms with Gasteiger partial charge >= 0.3 is 0 Å². The number of aliphatic hydroxyl groups is 1. The van der Waals surface area contributed by atoms with Gasteiger partial charge in [-0.05, 0) is 74.6 Å². The van der Waals surface area contributed by atoms with Crippen LogP contribution in [0, 0.1) is 22.7 Å². The smallest absolute Gasteiger partial charge is 0.230 e. The summed E-state index contributed by atoms with van der Waals surface area (Å²) in [5.74, 6) is 1.46. The summed E-state index contributed by atoms with van der Waals surface area (Å²) in [7, 11) is 3.38. The van der Waals surface area contributed by atoms with Crippen molar-refractivity contribution in [3.05, 3.63) is 48.5 Å². The van der Waals surface area contributed by atoms with Gasteiger partial charge in [0.05, 0.1) is 11.4 Å². The highest BCUT2D eigenvalue weighted by Gasteiger charge is 2.42. The lowest BCUT2D eigenvalue weighted by atomic mass is 9.67. The molecular formula is C38H58N2O2S2. The van der Waals surface area contributed by atoms with Crippen LogP contribution in [0.15, 0.2) is 58.3 Å². The first-order valence-electron chi connectivity index (χ1n) is 17.7. The molecule has 6 heteroatoms. The van der Waals surface area contributed by atoms with Crippen LogP contribution in [0.4, 0.5) is 11.4 Å². The Bertz CT molecular complexity index is 1150. The molecule has 3 N–H and O–H groups in total. The second kappa shape index (κ2) is 17.3. The number of hydrogen-bond donors (Lipinski definition) is 3. The lowest BCUT2D eigenvalue weighted by Gasteiger charge is -2.43. The van der Waals surface area contributed by atoms with Crippen LogP contribution in [0.1, 0.15) is 130 Å². The molecule has 2 aliphatic rings. The lowest BCUT2D eigenvalue weighted by molar-refractivity contribution is -0.128. The fourth-order valence-electron chi connectivity index (χ4n) is 7.83. The number of amides is 1. The van der Waals surface area contributed by atoms with E-state index in [2.05, 4.69) is 74.7 Å². The number of carbonyl (C=O) groups excluding carboxylic acids is 1. The third-order valence-corrected chi connectivity index (χ3v) is 13.4. The van der Waals surface area contributed by atoms with E-state index in [4.69, 9.17) is 0 Å². The number of nitrogens with one attached hydrogen (secondary N) is 2. The Kier molecular flexibility index (Phi) is 13.9. The standard InChI is InChI=1S/C38H58N2O2S2/c1-5-29(6-2)27-37(23-15-9-16-24-37)35(41)39-31-19-11-13-21-33(31)43-44-34-22-14-12-20-32(34)40-36(42)38(25-17-10-18-26-38)28-30(7-3)8-4/h11-14,19-22,29-30,35,39,41H,5-10,15-18,23-28H2,1-4H3,(H,40,42). The molecule has 0 saturated heterocycles. The number of hydrogen-bond acceptors (Lipinski definition) is 5. The molecule has 2 fully saturated rings. The van der Waals surface area contributed by atoms with Gasteiger partial charge in [-0.25, -0.2) is 0 Å². The highest BCUT2D eigenvalue weighted by atomic mass is 33.1. The Morgan fingerprint density at radius 1 is 0.705 bits per heavy atom. The zero-order chi connectivity index (χ0) is 31.4. The van der Waals surface area contributed by atoms with Crippen molar-refractivity contribution in [2.24, 2.45) is 22.7 Å². The molecule has 2 aromatic rings. The fourth-order valence-corrected chi connectivity index (χ4v) is 10.1. The summed E-state index contributed by atoms with van der Waals surface area (Å²) >= 11 is 0. The van der Waals surface area contributed by atoms with E-state index in [1.807, 2.05) is 12.1 Å². The van der Waals surface area contributed by atoms with E-state index in [0.29, 0.717) is 11.8 Å². The van der Waals surface area contributed by atoms with Gasteiger partial charge in [-0.1, -0.05) is 138 Å². The summed E-state index contributed by atoms with van der Waals surface area (Å²) in [5, 5.41) is 18.7. The molecule has 44 heavy (non-hydrogen) atoms. The topological polar surface area (TPSA) is 61.4 Å². The molecule has 2 aromatic carbocycles. The van der Waals surface area contributed by atoms with E-state index in [9.17, 15) is 9.90 Å². The predicted molar refractivity (Wildman–Crippen MR) is 191 cm³/mol. The monoisotopic (exact) mass is 638 g/mol. The summed E-state index contributed by atoms with van der Waals surface area (Å²) in [5.41, 5.74) is 1.57. The number of para-hydroxylation sites is 2. The maximum Gasteiger partial charge on any atom is 0.230 e. The maximum atomic E-state index is 14.0. The van der Waals surface area contributed by atoms with Gasteiger partial charge in [0.15, 0.2) is 0 Å². The van der Waals surface area contributed by atoms with Crippen molar-refractivity contribution in [2.75, 3.05) is 10.6 Å².